The molecule has 0 spiro atoms. The van der Waals surface area contributed by atoms with Crippen LogP contribution >= 0.6 is 0 Å². The van der Waals surface area contributed by atoms with Crippen LogP contribution in [0.1, 0.15) is 51.4 Å². The Balaban J connectivity index is 1.81. The smallest absolute Gasteiger partial charge is 0.360 e. The SMILES string of the molecule is O=S(=O)(O)C(O)(O)C(F)(F)CCOCCC12CCCC(CC(CO)C1)C2. The van der Waals surface area contributed by atoms with Gasteiger partial charge in [0.05, 0.1) is 6.61 Å². The van der Waals surface area contributed by atoms with Crippen LogP contribution in [0.5, 0.6) is 0 Å². The van der Waals surface area contributed by atoms with Gasteiger partial charge in [-0.15, -0.1) is 0 Å². The van der Waals surface area contributed by atoms with Crippen LogP contribution in [0.25, 0.3) is 0 Å². The summed E-state index contributed by atoms with van der Waals surface area (Å²) in [5.41, 5.74) is 0.0449. The Bertz CT molecular complexity index is 581. The molecule has 4 N–H and O–H groups in total. The van der Waals surface area contributed by atoms with Gasteiger partial charge in [0, 0.05) is 19.6 Å². The van der Waals surface area contributed by atoms with E-state index in [0.717, 1.165) is 38.5 Å². The molecule has 0 aromatic heterocycles. The lowest BCUT2D eigenvalue weighted by Gasteiger charge is -2.48. The van der Waals surface area contributed by atoms with E-state index in [-0.39, 0.29) is 24.5 Å². The van der Waals surface area contributed by atoms with Crippen LogP contribution in [-0.4, -0.2) is 59.2 Å². The quantitative estimate of drug-likeness (QED) is 0.262. The van der Waals surface area contributed by atoms with Crippen LogP contribution in [0.2, 0.25) is 0 Å². The molecule has 7 nitrogen and oxygen atoms in total. The maximum atomic E-state index is 13.6. The highest BCUT2D eigenvalue weighted by atomic mass is 32.2. The Morgan fingerprint density at radius 1 is 1.19 bits per heavy atom. The van der Waals surface area contributed by atoms with Gasteiger partial charge in [0.2, 0.25) is 0 Å². The van der Waals surface area contributed by atoms with Crippen molar-refractivity contribution in [3.63, 3.8) is 0 Å². The molecule has 10 heteroatoms. The van der Waals surface area contributed by atoms with E-state index in [1.165, 1.54) is 0 Å². The first-order chi connectivity index (χ1) is 11.9. The highest BCUT2D eigenvalue weighted by molar-refractivity contribution is 7.86. The molecular weight excluding hydrogens is 374 g/mol. The van der Waals surface area contributed by atoms with Crippen molar-refractivity contribution in [3.8, 4) is 0 Å². The van der Waals surface area contributed by atoms with Gasteiger partial charge in [0.15, 0.2) is 0 Å². The van der Waals surface area contributed by atoms with Gasteiger partial charge in [-0.05, 0) is 49.4 Å². The van der Waals surface area contributed by atoms with E-state index in [4.69, 9.17) is 19.5 Å². The van der Waals surface area contributed by atoms with E-state index < -0.39 is 34.2 Å². The van der Waals surface area contributed by atoms with Crippen molar-refractivity contribution >= 4 is 10.1 Å². The van der Waals surface area contributed by atoms with Crippen LogP contribution in [0.15, 0.2) is 0 Å². The average molecular weight is 402 g/mol. The summed E-state index contributed by atoms with van der Waals surface area (Å²) in [5, 5.41) is 22.9. The van der Waals surface area contributed by atoms with Crippen molar-refractivity contribution in [2.75, 3.05) is 19.8 Å². The number of hydrogen-bond donors (Lipinski definition) is 4. The Morgan fingerprint density at radius 3 is 2.50 bits per heavy atom. The number of rotatable bonds is 9. The van der Waals surface area contributed by atoms with E-state index in [1.807, 2.05) is 0 Å². The first kappa shape index (κ1) is 21.9. The molecule has 0 aromatic rings. The third-order valence-electron chi connectivity index (χ3n) is 5.86. The number of ether oxygens (including phenoxy) is 1. The highest BCUT2D eigenvalue weighted by Crippen LogP contribution is 2.52. The molecule has 0 saturated heterocycles. The molecule has 0 heterocycles. The van der Waals surface area contributed by atoms with Gasteiger partial charge < -0.3 is 20.1 Å². The van der Waals surface area contributed by atoms with E-state index in [9.17, 15) is 22.3 Å². The van der Waals surface area contributed by atoms with Gasteiger partial charge in [-0.25, -0.2) is 0 Å². The summed E-state index contributed by atoms with van der Waals surface area (Å²) in [7, 11) is -5.76. The molecule has 0 aromatic carbocycles. The minimum absolute atomic E-state index is 0.0449. The van der Waals surface area contributed by atoms with Crippen LogP contribution in [-0.2, 0) is 14.9 Å². The fourth-order valence-electron chi connectivity index (χ4n) is 4.55. The van der Waals surface area contributed by atoms with Crippen LogP contribution in [0, 0.1) is 17.3 Å². The van der Waals surface area contributed by atoms with Crippen molar-refractivity contribution < 1.29 is 41.8 Å². The second-order valence-corrected chi connectivity index (χ2v) is 9.37. The molecular formula is C16H28F2O7S. The Labute approximate surface area is 152 Å². The standard InChI is InChI=1S/C16H28F2O7S/c17-15(18,16(20,21)26(22,23)24)5-7-25-6-4-14-3-1-2-12(9-14)8-13(10-14)11-19/h12-13,19-21H,1-11H2,(H,22,23,24). The zero-order valence-corrected chi connectivity index (χ0v) is 15.4. The summed E-state index contributed by atoms with van der Waals surface area (Å²) in [6.07, 6.45) is 5.63. The van der Waals surface area contributed by atoms with Crippen molar-refractivity contribution in [2.45, 2.75) is 62.4 Å². The lowest BCUT2D eigenvalue weighted by atomic mass is 9.58. The van der Waals surface area contributed by atoms with Crippen LogP contribution < -0.4 is 0 Å². The van der Waals surface area contributed by atoms with Gasteiger partial charge in [0.25, 0.3) is 0 Å². The fourth-order valence-corrected chi connectivity index (χ4v) is 5.03. The summed E-state index contributed by atoms with van der Waals surface area (Å²) in [4.78, 5) is 0. The number of aliphatic hydroxyl groups excluding tert-OH is 1. The second kappa shape index (κ2) is 7.92. The molecule has 2 bridgehead atoms. The first-order valence-electron chi connectivity index (χ1n) is 8.91. The Kier molecular flexibility index (Phi) is 6.68. The molecule has 3 atom stereocenters. The molecule has 3 unspecified atom stereocenters. The summed E-state index contributed by atoms with van der Waals surface area (Å²) in [5.74, 6) is -3.63. The topological polar surface area (TPSA) is 124 Å². The van der Waals surface area contributed by atoms with Gasteiger partial charge in [-0.3, -0.25) is 4.55 Å². The number of hydrogen-bond acceptors (Lipinski definition) is 6. The molecule has 0 radical (unpaired) electrons. The summed E-state index contributed by atoms with van der Waals surface area (Å²) < 4.78 is 62.4. The van der Waals surface area contributed by atoms with E-state index in [1.54, 1.807) is 0 Å². The number of fused-ring (bicyclic) bond motifs is 2. The van der Waals surface area contributed by atoms with Gasteiger partial charge >= 0.3 is 21.2 Å². The molecule has 2 aliphatic carbocycles. The molecule has 26 heavy (non-hydrogen) atoms. The highest BCUT2D eigenvalue weighted by Gasteiger charge is 2.61. The zero-order chi connectivity index (χ0) is 19.6. The zero-order valence-electron chi connectivity index (χ0n) is 14.6. The fraction of sp³-hybridized carbons (Fsp3) is 1.00. The van der Waals surface area contributed by atoms with Crippen molar-refractivity contribution in [1.29, 1.82) is 0 Å². The van der Waals surface area contributed by atoms with E-state index >= 15 is 0 Å². The van der Waals surface area contributed by atoms with Crippen LogP contribution in [0.3, 0.4) is 0 Å². The Hall–Kier alpha value is -0.390. The minimum Gasteiger partial charge on any atom is -0.396 e. The summed E-state index contributed by atoms with van der Waals surface area (Å²) >= 11 is 0. The number of aliphatic hydroxyl groups is 3. The largest absolute Gasteiger partial charge is 0.396 e. The molecule has 2 aliphatic rings. The third kappa shape index (κ3) is 4.71. The molecule has 154 valence electrons. The predicted octanol–water partition coefficient (Wildman–Crippen LogP) is 1.52. The molecule has 0 aliphatic heterocycles. The van der Waals surface area contributed by atoms with E-state index in [0.29, 0.717) is 12.3 Å². The van der Waals surface area contributed by atoms with Gasteiger partial charge in [0.1, 0.15) is 0 Å². The molecule has 2 rings (SSSR count). The predicted molar refractivity (Wildman–Crippen MR) is 87.9 cm³/mol. The summed E-state index contributed by atoms with van der Waals surface area (Å²) in [6.45, 7) is -0.235. The Morgan fingerprint density at radius 2 is 1.88 bits per heavy atom. The monoisotopic (exact) mass is 402 g/mol. The molecule has 0 amide bonds. The van der Waals surface area contributed by atoms with Gasteiger partial charge in [-0.1, -0.05) is 12.8 Å². The molecule has 2 fully saturated rings. The number of alkyl halides is 2. The first-order valence-corrected chi connectivity index (χ1v) is 10.3. The van der Waals surface area contributed by atoms with Crippen LogP contribution in [0.4, 0.5) is 8.78 Å². The summed E-state index contributed by atoms with van der Waals surface area (Å²) in [6, 6.07) is 0. The second-order valence-electron chi connectivity index (χ2n) is 7.85. The van der Waals surface area contributed by atoms with E-state index in [2.05, 4.69) is 0 Å². The lowest BCUT2D eigenvalue weighted by Crippen LogP contribution is -2.54. The number of halogens is 2. The maximum Gasteiger partial charge on any atom is 0.360 e. The normalized spacial score (nSPS) is 30.4. The minimum atomic E-state index is -5.76. The van der Waals surface area contributed by atoms with Crippen molar-refractivity contribution in [1.82, 2.24) is 0 Å². The third-order valence-corrected chi connectivity index (χ3v) is 6.88. The average Bonchev–Trinajstić information content (AvgIpc) is 2.52. The maximum absolute atomic E-state index is 13.6. The van der Waals surface area contributed by atoms with Gasteiger partial charge in [-0.2, -0.15) is 17.2 Å². The lowest BCUT2D eigenvalue weighted by molar-refractivity contribution is -0.249. The molecule has 2 saturated carbocycles. The van der Waals surface area contributed by atoms with Crippen molar-refractivity contribution in [2.24, 2.45) is 17.3 Å². The van der Waals surface area contributed by atoms with Crippen molar-refractivity contribution in [3.05, 3.63) is 0 Å².